The van der Waals surface area contributed by atoms with Gasteiger partial charge in [-0.15, -0.1) is 0 Å². The highest BCUT2D eigenvalue weighted by molar-refractivity contribution is 7.92. The molecule has 1 aliphatic heterocycles. The molecule has 3 rings (SSSR count). The van der Waals surface area contributed by atoms with Gasteiger partial charge in [0.05, 0.1) is 21.8 Å². The standard InChI is InChI=1S/C19H19F3N2O3S/c1-13(25)14-4-7-16(8-5-14)28(26,27)23-17-12-15(19(20,21)22)6-9-18(17)24-10-2-3-11-24/h4-9,12,23H,2-3,10-11H2,1H3. The summed E-state index contributed by atoms with van der Waals surface area (Å²) in [6, 6.07) is 8.30. The molecule has 1 heterocycles. The molecule has 0 bridgehead atoms. The number of nitrogens with zero attached hydrogens (tertiary/aromatic N) is 1. The van der Waals surface area contributed by atoms with E-state index in [9.17, 15) is 26.4 Å². The minimum atomic E-state index is -4.59. The molecule has 1 saturated heterocycles. The van der Waals surface area contributed by atoms with Gasteiger partial charge in [0.25, 0.3) is 10.0 Å². The predicted molar refractivity (Wildman–Crippen MR) is 100 cm³/mol. The van der Waals surface area contributed by atoms with Gasteiger partial charge in [0.2, 0.25) is 0 Å². The third-order valence-corrected chi connectivity index (χ3v) is 5.97. The smallest absolute Gasteiger partial charge is 0.370 e. The lowest BCUT2D eigenvalue weighted by atomic mass is 10.1. The number of nitrogens with one attached hydrogen (secondary N) is 1. The Balaban J connectivity index is 1.99. The third kappa shape index (κ3) is 4.30. The number of carbonyl (C=O) groups is 1. The molecule has 0 aromatic heterocycles. The van der Waals surface area contributed by atoms with Crippen LogP contribution in [-0.2, 0) is 16.2 Å². The molecule has 2 aromatic rings. The largest absolute Gasteiger partial charge is 0.416 e. The quantitative estimate of drug-likeness (QED) is 0.744. The van der Waals surface area contributed by atoms with E-state index in [-0.39, 0.29) is 16.4 Å². The molecule has 150 valence electrons. The van der Waals surface area contributed by atoms with Crippen molar-refractivity contribution in [2.75, 3.05) is 22.7 Å². The molecule has 0 amide bonds. The number of rotatable bonds is 5. The number of halogens is 3. The minimum Gasteiger partial charge on any atom is -0.370 e. The zero-order valence-electron chi connectivity index (χ0n) is 15.1. The molecule has 1 aliphatic rings. The van der Waals surface area contributed by atoms with Crippen LogP contribution in [0.1, 0.15) is 35.7 Å². The van der Waals surface area contributed by atoms with Crippen molar-refractivity contribution in [3.63, 3.8) is 0 Å². The number of carbonyl (C=O) groups excluding carboxylic acids is 1. The van der Waals surface area contributed by atoms with Crippen LogP contribution in [0.5, 0.6) is 0 Å². The van der Waals surface area contributed by atoms with Gasteiger partial charge in [-0.3, -0.25) is 9.52 Å². The van der Waals surface area contributed by atoms with Crippen molar-refractivity contribution in [2.24, 2.45) is 0 Å². The van der Waals surface area contributed by atoms with Crippen molar-refractivity contribution < 1.29 is 26.4 Å². The number of hydrogen-bond acceptors (Lipinski definition) is 4. The molecular formula is C19H19F3N2O3S. The van der Waals surface area contributed by atoms with E-state index in [2.05, 4.69) is 4.72 Å². The van der Waals surface area contributed by atoms with Crippen LogP contribution in [-0.4, -0.2) is 27.3 Å². The molecule has 0 radical (unpaired) electrons. The van der Waals surface area contributed by atoms with E-state index in [1.165, 1.54) is 37.3 Å². The Morgan fingerprint density at radius 2 is 1.64 bits per heavy atom. The number of hydrogen-bond donors (Lipinski definition) is 1. The zero-order valence-corrected chi connectivity index (χ0v) is 15.9. The van der Waals surface area contributed by atoms with E-state index in [1.54, 1.807) is 0 Å². The fourth-order valence-corrected chi connectivity index (χ4v) is 4.17. The van der Waals surface area contributed by atoms with Gasteiger partial charge in [0.15, 0.2) is 5.78 Å². The third-order valence-electron chi connectivity index (χ3n) is 4.59. The van der Waals surface area contributed by atoms with Crippen LogP contribution in [0, 0.1) is 0 Å². The van der Waals surface area contributed by atoms with Crippen LogP contribution in [0.15, 0.2) is 47.4 Å². The zero-order chi connectivity index (χ0) is 20.5. The lowest BCUT2D eigenvalue weighted by Gasteiger charge is -2.23. The first-order chi connectivity index (χ1) is 13.1. The van der Waals surface area contributed by atoms with Gasteiger partial charge in [0.1, 0.15) is 0 Å². The van der Waals surface area contributed by atoms with Crippen molar-refractivity contribution in [3.05, 3.63) is 53.6 Å². The van der Waals surface area contributed by atoms with Crippen LogP contribution in [0.2, 0.25) is 0 Å². The maximum absolute atomic E-state index is 13.1. The summed E-state index contributed by atoms with van der Waals surface area (Å²) in [7, 11) is -4.13. The Kier molecular flexibility index (Phi) is 5.38. The molecule has 0 atom stereocenters. The first-order valence-electron chi connectivity index (χ1n) is 8.68. The molecule has 1 N–H and O–H groups in total. The summed E-state index contributed by atoms with van der Waals surface area (Å²) in [6.45, 7) is 2.65. The molecular weight excluding hydrogens is 393 g/mol. The molecule has 1 fully saturated rings. The minimum absolute atomic E-state index is 0.118. The second-order valence-electron chi connectivity index (χ2n) is 6.61. The van der Waals surface area contributed by atoms with Crippen LogP contribution >= 0.6 is 0 Å². The SMILES string of the molecule is CC(=O)c1ccc(S(=O)(=O)Nc2cc(C(F)(F)F)ccc2N2CCCC2)cc1. The molecule has 9 heteroatoms. The summed E-state index contributed by atoms with van der Waals surface area (Å²) >= 11 is 0. The number of alkyl halides is 3. The number of benzene rings is 2. The maximum atomic E-state index is 13.1. The fourth-order valence-electron chi connectivity index (χ4n) is 3.10. The summed E-state index contributed by atoms with van der Waals surface area (Å²) in [6.07, 6.45) is -2.81. The molecule has 0 spiro atoms. The Bertz CT molecular complexity index is 980. The average molecular weight is 412 g/mol. The number of sulfonamides is 1. The van der Waals surface area contributed by atoms with Crippen molar-refractivity contribution in [2.45, 2.75) is 30.8 Å². The summed E-state index contributed by atoms with van der Waals surface area (Å²) in [5, 5.41) is 0. The van der Waals surface area contributed by atoms with Crippen LogP contribution in [0.25, 0.3) is 0 Å². The molecule has 0 aliphatic carbocycles. The van der Waals surface area contributed by atoms with Gasteiger partial charge in [0, 0.05) is 18.7 Å². The van der Waals surface area contributed by atoms with E-state index in [0.29, 0.717) is 24.3 Å². The van der Waals surface area contributed by atoms with E-state index < -0.39 is 21.8 Å². The first-order valence-corrected chi connectivity index (χ1v) is 10.2. The summed E-state index contributed by atoms with van der Waals surface area (Å²) in [5.41, 5.74) is -0.294. The highest BCUT2D eigenvalue weighted by Gasteiger charge is 2.32. The molecule has 5 nitrogen and oxygen atoms in total. The summed E-state index contributed by atoms with van der Waals surface area (Å²) in [4.78, 5) is 13.1. The monoisotopic (exact) mass is 412 g/mol. The second kappa shape index (κ2) is 7.46. The summed E-state index contributed by atoms with van der Waals surface area (Å²) in [5.74, 6) is -0.217. The summed E-state index contributed by atoms with van der Waals surface area (Å²) < 4.78 is 67.1. The van der Waals surface area contributed by atoms with E-state index in [1.807, 2.05) is 4.90 Å². The van der Waals surface area contributed by atoms with Crippen molar-refractivity contribution >= 4 is 27.2 Å². The van der Waals surface area contributed by atoms with Crippen molar-refractivity contribution in [1.29, 1.82) is 0 Å². The second-order valence-corrected chi connectivity index (χ2v) is 8.29. The average Bonchev–Trinajstić information content (AvgIpc) is 3.15. The molecule has 0 unspecified atom stereocenters. The molecule has 0 saturated carbocycles. The highest BCUT2D eigenvalue weighted by atomic mass is 32.2. The highest BCUT2D eigenvalue weighted by Crippen LogP contribution is 2.37. The number of Topliss-reactive ketones (excluding diaryl/α,β-unsaturated/α-hetero) is 1. The van der Waals surface area contributed by atoms with E-state index in [0.717, 1.165) is 25.0 Å². The molecule has 2 aromatic carbocycles. The van der Waals surface area contributed by atoms with Gasteiger partial charge in [-0.1, -0.05) is 12.1 Å². The normalized spacial score (nSPS) is 14.9. The van der Waals surface area contributed by atoms with Gasteiger partial charge < -0.3 is 4.90 Å². The fraction of sp³-hybridized carbons (Fsp3) is 0.316. The lowest BCUT2D eigenvalue weighted by molar-refractivity contribution is -0.137. The predicted octanol–water partition coefficient (Wildman–Crippen LogP) is 4.31. The van der Waals surface area contributed by atoms with Crippen molar-refractivity contribution in [3.8, 4) is 0 Å². The van der Waals surface area contributed by atoms with Crippen molar-refractivity contribution in [1.82, 2.24) is 0 Å². The Morgan fingerprint density at radius 1 is 1.04 bits per heavy atom. The Labute approximate surface area is 161 Å². The Hall–Kier alpha value is -2.55. The topological polar surface area (TPSA) is 66.5 Å². The lowest BCUT2D eigenvalue weighted by Crippen LogP contribution is -2.22. The van der Waals surface area contributed by atoms with Crippen LogP contribution < -0.4 is 9.62 Å². The van der Waals surface area contributed by atoms with Gasteiger partial charge in [-0.2, -0.15) is 13.2 Å². The number of ketones is 1. The molecule has 28 heavy (non-hydrogen) atoms. The van der Waals surface area contributed by atoms with Crippen LogP contribution in [0.3, 0.4) is 0 Å². The van der Waals surface area contributed by atoms with Crippen LogP contribution in [0.4, 0.5) is 24.5 Å². The first kappa shape index (κ1) is 20.2. The Morgan fingerprint density at radius 3 is 2.18 bits per heavy atom. The van der Waals surface area contributed by atoms with E-state index in [4.69, 9.17) is 0 Å². The van der Waals surface area contributed by atoms with Gasteiger partial charge >= 0.3 is 6.18 Å². The number of anilines is 2. The maximum Gasteiger partial charge on any atom is 0.416 e. The van der Waals surface area contributed by atoms with Gasteiger partial charge in [-0.25, -0.2) is 8.42 Å². The van der Waals surface area contributed by atoms with E-state index >= 15 is 0 Å². The van der Waals surface area contributed by atoms with Gasteiger partial charge in [-0.05, 0) is 50.1 Å².